The minimum Gasteiger partial charge on any atom is -0.461 e. The molecule has 0 atom stereocenters. The molecular weight excluding hydrogens is 684 g/mol. The van der Waals surface area contributed by atoms with Crippen LogP contribution in [-0.2, 0) is 51.5 Å². The zero-order chi connectivity index (χ0) is 38.9. The van der Waals surface area contributed by atoms with Crippen molar-refractivity contribution in [1.82, 2.24) is 11.0 Å². The standard InChI is InChI=1S/C39H56N4O10/c1-39(2,25-23-37(48)52-27-29-15-19-31(20-16-29)40-33(44)11-7-3-5-9-13-35(46)42-50)26-24-38(49)53-28-30-17-21-32(22-18-30)41-34(45)12-8-4-6-10-14-36(47)43-51/h15-22,50-51H,3-14,23-28H2,1-2H3,(H,40,44)(H,41,45)(H,42,46)(H,43,47). The normalized spacial score (nSPS) is 10.9. The molecule has 0 aromatic heterocycles. The van der Waals surface area contributed by atoms with Gasteiger partial charge in [-0.2, -0.15) is 0 Å². The lowest BCUT2D eigenvalue weighted by Crippen LogP contribution is -2.17. The lowest BCUT2D eigenvalue weighted by molar-refractivity contribution is -0.146. The number of anilines is 2. The lowest BCUT2D eigenvalue weighted by atomic mass is 9.83. The fourth-order valence-electron chi connectivity index (χ4n) is 5.25. The Hall–Kier alpha value is -4.82. The van der Waals surface area contributed by atoms with Crippen LogP contribution in [0.1, 0.15) is 128 Å². The summed E-state index contributed by atoms with van der Waals surface area (Å²) in [4.78, 5) is 71.3. The number of hydrogen-bond donors (Lipinski definition) is 6. The highest BCUT2D eigenvalue weighted by atomic mass is 16.5. The van der Waals surface area contributed by atoms with E-state index in [0.717, 1.165) is 36.8 Å². The Balaban J connectivity index is 1.57. The average molecular weight is 741 g/mol. The summed E-state index contributed by atoms with van der Waals surface area (Å²) in [5, 5.41) is 22.7. The Bertz CT molecular complexity index is 1340. The molecule has 2 aromatic rings. The van der Waals surface area contributed by atoms with Crippen molar-refractivity contribution < 1.29 is 48.7 Å². The Morgan fingerprint density at radius 2 is 0.811 bits per heavy atom. The number of carbonyl (C=O) groups excluding carboxylic acids is 6. The summed E-state index contributed by atoms with van der Waals surface area (Å²) in [5.74, 6) is -1.70. The highest BCUT2D eigenvalue weighted by Crippen LogP contribution is 2.29. The van der Waals surface area contributed by atoms with Crippen molar-refractivity contribution in [3.63, 3.8) is 0 Å². The molecule has 0 aliphatic carbocycles. The van der Waals surface area contributed by atoms with Crippen LogP contribution < -0.4 is 21.6 Å². The lowest BCUT2D eigenvalue weighted by Gasteiger charge is -2.23. The number of amides is 4. The van der Waals surface area contributed by atoms with E-state index in [0.29, 0.717) is 62.7 Å². The van der Waals surface area contributed by atoms with E-state index in [9.17, 15) is 28.8 Å². The topological polar surface area (TPSA) is 209 Å². The van der Waals surface area contributed by atoms with E-state index in [2.05, 4.69) is 10.6 Å². The summed E-state index contributed by atoms with van der Waals surface area (Å²) < 4.78 is 10.9. The molecule has 14 heteroatoms. The number of rotatable bonds is 26. The van der Waals surface area contributed by atoms with E-state index in [-0.39, 0.29) is 68.1 Å². The van der Waals surface area contributed by atoms with Gasteiger partial charge in [-0.15, -0.1) is 0 Å². The Labute approximate surface area is 311 Å². The third kappa shape index (κ3) is 21.3. The van der Waals surface area contributed by atoms with Crippen LogP contribution in [0.5, 0.6) is 0 Å². The smallest absolute Gasteiger partial charge is 0.306 e. The number of benzene rings is 2. The van der Waals surface area contributed by atoms with Gasteiger partial charge in [0.25, 0.3) is 0 Å². The third-order valence-corrected chi connectivity index (χ3v) is 8.65. The van der Waals surface area contributed by atoms with Crippen molar-refractivity contribution in [3.05, 3.63) is 59.7 Å². The second kappa shape index (κ2) is 25.2. The van der Waals surface area contributed by atoms with Crippen LogP contribution >= 0.6 is 0 Å². The Kier molecular flexibility index (Phi) is 21.1. The molecule has 0 fully saturated rings. The summed E-state index contributed by atoms with van der Waals surface area (Å²) in [6.45, 7) is 4.20. The second-order valence-corrected chi connectivity index (χ2v) is 13.9. The molecular formula is C39H56N4O10. The number of esters is 2. The van der Waals surface area contributed by atoms with Crippen LogP contribution in [0.2, 0.25) is 0 Å². The van der Waals surface area contributed by atoms with E-state index in [1.807, 2.05) is 13.8 Å². The monoisotopic (exact) mass is 740 g/mol. The minimum absolute atomic E-state index is 0.103. The van der Waals surface area contributed by atoms with Crippen LogP contribution in [-0.4, -0.2) is 46.0 Å². The molecule has 0 saturated heterocycles. The van der Waals surface area contributed by atoms with Gasteiger partial charge in [0.1, 0.15) is 13.2 Å². The van der Waals surface area contributed by atoms with Gasteiger partial charge >= 0.3 is 11.9 Å². The molecule has 0 saturated carbocycles. The number of hydrogen-bond acceptors (Lipinski definition) is 10. The maximum atomic E-state index is 12.4. The van der Waals surface area contributed by atoms with Crippen molar-refractivity contribution in [2.75, 3.05) is 10.6 Å². The molecule has 4 amide bonds. The zero-order valence-corrected chi connectivity index (χ0v) is 31.0. The van der Waals surface area contributed by atoms with Gasteiger partial charge in [-0.25, -0.2) is 11.0 Å². The number of ether oxygens (including phenoxy) is 2. The van der Waals surface area contributed by atoms with Crippen molar-refractivity contribution >= 4 is 46.9 Å². The van der Waals surface area contributed by atoms with Gasteiger partial charge in [0.2, 0.25) is 23.6 Å². The van der Waals surface area contributed by atoms with Crippen LogP contribution in [0.3, 0.4) is 0 Å². The van der Waals surface area contributed by atoms with Crippen molar-refractivity contribution in [3.8, 4) is 0 Å². The highest BCUT2D eigenvalue weighted by molar-refractivity contribution is 5.91. The third-order valence-electron chi connectivity index (χ3n) is 8.65. The van der Waals surface area contributed by atoms with Gasteiger partial charge in [-0.3, -0.25) is 39.2 Å². The number of hydroxylamine groups is 2. The van der Waals surface area contributed by atoms with Crippen LogP contribution in [0, 0.1) is 5.41 Å². The molecule has 0 radical (unpaired) electrons. The first-order valence-corrected chi connectivity index (χ1v) is 18.3. The SMILES string of the molecule is CC(C)(CCC(=O)OCc1ccc(NC(=O)CCCCCCC(=O)NO)cc1)CCC(=O)OCc1ccc(NC(=O)CCCCCCC(=O)NO)cc1. The quantitative estimate of drug-likeness (QED) is 0.0262. The molecule has 292 valence electrons. The number of nitrogens with one attached hydrogen (secondary N) is 4. The summed E-state index contributed by atoms with van der Waals surface area (Å²) in [5.41, 5.74) is 5.79. The first-order valence-electron chi connectivity index (χ1n) is 18.3. The Morgan fingerprint density at radius 1 is 0.491 bits per heavy atom. The molecule has 0 heterocycles. The predicted molar refractivity (Wildman–Crippen MR) is 197 cm³/mol. The van der Waals surface area contributed by atoms with E-state index in [4.69, 9.17) is 19.9 Å². The van der Waals surface area contributed by atoms with E-state index in [1.54, 1.807) is 59.5 Å². The number of unbranched alkanes of at least 4 members (excludes halogenated alkanes) is 6. The molecule has 2 aromatic carbocycles. The predicted octanol–water partition coefficient (Wildman–Crippen LogP) is 6.63. The van der Waals surface area contributed by atoms with Crippen LogP contribution in [0.4, 0.5) is 11.4 Å². The summed E-state index contributed by atoms with van der Waals surface area (Å²) >= 11 is 0. The molecule has 0 spiro atoms. The number of carbonyl (C=O) groups is 6. The summed E-state index contributed by atoms with van der Waals surface area (Å²) in [6.07, 6.45) is 8.66. The van der Waals surface area contributed by atoms with E-state index >= 15 is 0 Å². The maximum absolute atomic E-state index is 12.4. The molecule has 6 N–H and O–H groups in total. The van der Waals surface area contributed by atoms with Crippen LogP contribution in [0.15, 0.2) is 48.5 Å². The largest absolute Gasteiger partial charge is 0.461 e. The molecule has 0 unspecified atom stereocenters. The van der Waals surface area contributed by atoms with Gasteiger partial charge in [0, 0.05) is 49.9 Å². The second-order valence-electron chi connectivity index (χ2n) is 13.9. The van der Waals surface area contributed by atoms with Crippen molar-refractivity contribution in [2.45, 2.75) is 130 Å². The highest BCUT2D eigenvalue weighted by Gasteiger charge is 2.22. The van der Waals surface area contributed by atoms with Gasteiger partial charge in [-0.1, -0.05) is 63.8 Å². The van der Waals surface area contributed by atoms with Crippen molar-refractivity contribution in [1.29, 1.82) is 0 Å². The minimum atomic E-state index is -0.410. The fourth-order valence-corrected chi connectivity index (χ4v) is 5.25. The first kappa shape index (κ1) is 44.3. The molecule has 0 bridgehead atoms. The summed E-state index contributed by atoms with van der Waals surface area (Å²) in [6, 6.07) is 14.2. The molecule has 14 nitrogen and oxygen atoms in total. The fraction of sp³-hybridized carbons (Fsp3) is 0.538. The van der Waals surface area contributed by atoms with E-state index < -0.39 is 11.8 Å². The molecule has 53 heavy (non-hydrogen) atoms. The first-order chi connectivity index (χ1) is 25.4. The van der Waals surface area contributed by atoms with Gasteiger partial charge in [0.15, 0.2) is 0 Å². The Morgan fingerprint density at radius 3 is 1.13 bits per heavy atom. The molecule has 2 rings (SSSR count). The van der Waals surface area contributed by atoms with E-state index in [1.165, 1.54) is 0 Å². The average Bonchev–Trinajstić information content (AvgIpc) is 3.15. The maximum Gasteiger partial charge on any atom is 0.306 e. The van der Waals surface area contributed by atoms with Gasteiger partial charge < -0.3 is 20.1 Å². The van der Waals surface area contributed by atoms with Crippen molar-refractivity contribution in [2.24, 2.45) is 5.41 Å². The van der Waals surface area contributed by atoms with Crippen LogP contribution in [0.25, 0.3) is 0 Å². The van der Waals surface area contributed by atoms with Gasteiger partial charge in [0.05, 0.1) is 0 Å². The van der Waals surface area contributed by atoms with Gasteiger partial charge in [-0.05, 0) is 79.3 Å². The molecule has 0 aliphatic rings. The zero-order valence-electron chi connectivity index (χ0n) is 31.0. The molecule has 0 aliphatic heterocycles. The summed E-state index contributed by atoms with van der Waals surface area (Å²) in [7, 11) is 0.